The molecule has 0 radical (unpaired) electrons. The highest BCUT2D eigenvalue weighted by Crippen LogP contribution is 2.43. The van der Waals surface area contributed by atoms with Crippen LogP contribution in [0.3, 0.4) is 0 Å². The van der Waals surface area contributed by atoms with Crippen LogP contribution in [0, 0.1) is 0 Å². The predicted molar refractivity (Wildman–Crippen MR) is 556 cm³/mol. The van der Waals surface area contributed by atoms with E-state index in [1.54, 1.807) is 37.2 Å². The summed E-state index contributed by atoms with van der Waals surface area (Å²) in [6, 6.07) is 94.0. The molecule has 2 aliphatic heterocycles. The van der Waals surface area contributed by atoms with Crippen LogP contribution in [-0.4, -0.2) is 111 Å². The number of hydrogen-bond acceptors (Lipinski definition) is 19. The molecule has 2 saturated heterocycles. The Hall–Kier alpha value is -13.9. The van der Waals surface area contributed by atoms with Crippen molar-refractivity contribution in [2.45, 2.75) is 183 Å². The van der Waals surface area contributed by atoms with E-state index in [9.17, 15) is 0 Å². The fourth-order valence-electron chi connectivity index (χ4n) is 15.9. The van der Waals surface area contributed by atoms with Gasteiger partial charge in [-0.1, -0.05) is 251 Å². The first-order valence-electron chi connectivity index (χ1n) is 46.4. The maximum absolute atomic E-state index is 6.55. The number of benzene rings is 6. The lowest BCUT2D eigenvalue weighted by Crippen LogP contribution is -2.41. The molecule has 0 amide bonds. The van der Waals surface area contributed by atoms with Crippen LogP contribution in [0.2, 0.25) is 0 Å². The molecule has 2 fully saturated rings. The summed E-state index contributed by atoms with van der Waals surface area (Å²) in [6.45, 7) is 43.1. The first-order valence-corrected chi connectivity index (χ1v) is 47.2. The molecule has 6 aromatic carbocycles. The van der Waals surface area contributed by atoms with Gasteiger partial charge in [0, 0.05) is 75.0 Å². The van der Waals surface area contributed by atoms with Crippen LogP contribution in [0.25, 0.3) is 159 Å². The maximum Gasteiger partial charge on any atom is 0.494 e. The molecule has 137 heavy (non-hydrogen) atoms. The van der Waals surface area contributed by atoms with Crippen LogP contribution in [0.4, 0.5) is 0 Å². The molecule has 13 heterocycles. The smallest absolute Gasteiger partial charge is 0.399 e. The van der Waals surface area contributed by atoms with E-state index in [2.05, 4.69) is 327 Å². The molecule has 0 atom stereocenters. The van der Waals surface area contributed by atoms with Crippen molar-refractivity contribution in [3.63, 3.8) is 0 Å². The number of aromatic nitrogens is 15. The van der Waals surface area contributed by atoms with Gasteiger partial charge in [0.1, 0.15) is 0 Å². The van der Waals surface area contributed by atoms with E-state index in [0.717, 1.165) is 139 Å². The Morgan fingerprint density at radius 3 is 0.613 bits per heavy atom. The van der Waals surface area contributed by atoms with Crippen molar-refractivity contribution in [2.24, 2.45) is 0 Å². The fraction of sp³-hybridized carbons (Fsp3) is 0.243. The Morgan fingerprint density at radius 1 is 0.204 bits per heavy atom. The Morgan fingerprint density at radius 2 is 0.401 bits per heavy atom. The molecule has 684 valence electrons. The zero-order valence-electron chi connectivity index (χ0n) is 81.4. The van der Waals surface area contributed by atoms with E-state index in [1.807, 2.05) is 121 Å². The minimum Gasteiger partial charge on any atom is -0.399 e. The van der Waals surface area contributed by atoms with Crippen molar-refractivity contribution in [1.82, 2.24) is 74.8 Å². The van der Waals surface area contributed by atoms with E-state index < -0.39 is 36.6 Å². The molecule has 2 aliphatic rings. The highest BCUT2D eigenvalue weighted by molar-refractivity contribution is 9.10. The molecule has 19 rings (SSSR count). The molecule has 0 spiro atoms. The van der Waals surface area contributed by atoms with Gasteiger partial charge >= 0.3 is 14.2 Å². The average Bonchev–Trinajstić information content (AvgIpc) is 1.64. The topological polar surface area (TPSA) is 230 Å². The van der Waals surface area contributed by atoms with Crippen LogP contribution in [0.5, 0.6) is 0 Å². The van der Waals surface area contributed by atoms with E-state index in [-0.39, 0.29) is 21.7 Å². The molecule has 0 aliphatic carbocycles. The van der Waals surface area contributed by atoms with Crippen LogP contribution in [0.1, 0.15) is 161 Å². The zero-order valence-corrected chi connectivity index (χ0v) is 83.0. The summed E-state index contributed by atoms with van der Waals surface area (Å²) in [4.78, 5) is 73.3. The third-order valence-electron chi connectivity index (χ3n) is 25.5. The molecule has 0 bridgehead atoms. The van der Waals surface area contributed by atoms with Gasteiger partial charge < -0.3 is 18.6 Å². The van der Waals surface area contributed by atoms with Crippen LogP contribution < -0.4 is 10.9 Å². The summed E-state index contributed by atoms with van der Waals surface area (Å²) in [5.74, 6) is 3.43. The van der Waals surface area contributed by atoms with Gasteiger partial charge in [-0.2, -0.15) is 0 Å². The van der Waals surface area contributed by atoms with Gasteiger partial charge in [0.25, 0.3) is 0 Å². The second-order valence-electron chi connectivity index (χ2n) is 40.9. The molecule has 11 aromatic heterocycles. The van der Waals surface area contributed by atoms with Crippen LogP contribution in [-0.2, 0) is 40.3 Å². The number of halogens is 1. The van der Waals surface area contributed by atoms with Crippen LogP contribution in [0.15, 0.2) is 321 Å². The number of pyridine rings is 9. The summed E-state index contributed by atoms with van der Waals surface area (Å²) >= 11 is 3.51. The largest absolute Gasteiger partial charge is 0.494 e. The summed E-state index contributed by atoms with van der Waals surface area (Å²) in [5.41, 5.74) is 22.7. The first-order chi connectivity index (χ1) is 65.2. The second-order valence-corrected chi connectivity index (χ2v) is 41.8. The van der Waals surface area contributed by atoms with Gasteiger partial charge in [0.2, 0.25) is 0 Å². The van der Waals surface area contributed by atoms with E-state index >= 15 is 0 Å². The molecule has 17 aromatic rings. The lowest BCUT2D eigenvalue weighted by molar-refractivity contribution is 0.00578. The van der Waals surface area contributed by atoms with Crippen molar-refractivity contribution in [1.29, 1.82) is 0 Å². The Kier molecular flexibility index (Phi) is 26.6. The summed E-state index contributed by atoms with van der Waals surface area (Å²) in [7, 11) is -1.20. The number of nitrogens with zero attached hydrogens (tertiary/aromatic N) is 15. The van der Waals surface area contributed by atoms with Crippen molar-refractivity contribution in [2.75, 3.05) is 0 Å². The van der Waals surface area contributed by atoms with Gasteiger partial charge in [0.15, 0.2) is 34.9 Å². The third-order valence-corrected chi connectivity index (χ3v) is 25.9. The van der Waals surface area contributed by atoms with Gasteiger partial charge in [-0.15, -0.1) is 0 Å². The quantitative estimate of drug-likeness (QED) is 0.0818. The molecule has 0 N–H and O–H groups in total. The molecule has 0 unspecified atom stereocenters. The Labute approximate surface area is 813 Å². The maximum atomic E-state index is 6.55. The predicted octanol–water partition coefficient (Wildman–Crippen LogP) is 25.9. The fourth-order valence-corrected chi connectivity index (χ4v) is 16.3. The molecule has 0 saturated carbocycles. The lowest BCUT2D eigenvalue weighted by Gasteiger charge is -2.32. The minimum absolute atomic E-state index is 0.0146. The molecule has 19 nitrogen and oxygen atoms in total. The third kappa shape index (κ3) is 21.8. The summed E-state index contributed by atoms with van der Waals surface area (Å²) < 4.78 is 27.1. The second kappa shape index (κ2) is 38.4. The van der Waals surface area contributed by atoms with Gasteiger partial charge in [-0.25, -0.2) is 44.9 Å². The SMILES string of the molecule is Brc1cc(-c2ccccn2)nc(-c2ccccn2)c1.CC(C)(C)c1ccc(-c2nc(-c3ccc(C(C)(C)C)cc3)nc(-c3cc(-c4cc(-c5ccccn5)nc(-c5ccccn5)c4)cc(-c4cc(-c5ccccn5)nc(-c5ccccn5)c4)c3)n2)cc1.CC(C)(C)c1ccc(-c2nc(-c3ccc(C(C)(C)C)cc3)nc(-c3cc(B4OC(C)(C)C(C)(C)O4)cc(B4OC(C)(C)C(C)(C)O4)c3)n2)cc1. The normalized spacial score (nSPS) is 14.4. The van der Waals surface area contributed by atoms with Crippen molar-refractivity contribution >= 4 is 41.1 Å². The van der Waals surface area contributed by atoms with E-state index in [0.29, 0.717) is 34.9 Å². The Balaban J connectivity index is 0.000000164. The molecule has 22 heteroatoms. The van der Waals surface area contributed by atoms with E-state index in [4.69, 9.17) is 78.4 Å². The standard InChI is InChI=1S/C59H49N9.C41H53B2N3O4.C15H10BrN3/c1-58(2,3)45-23-19-38(20-24-45)55-66-56(39-21-25-46(26-22-39)59(4,5)6)68-57(67-55)44-32-40(42-34-51(47-15-7-11-27-60-47)64-52(35-42)48-16-8-12-28-61-48)31-41(33-44)43-36-53(49-17-9-13-29-62-49)65-54(37-43)50-18-10-14-30-63-50;1-36(2,3)29-19-15-26(16-20-29)33-44-34(27-17-21-30(22-18-27)37(4,5)6)46-35(45-33)28-23-31(42-47-38(7,8)39(9,10)48-42)25-32(24-28)43-49-40(11,12)41(13,14)50-43;16-11-9-14(12-5-1-3-7-17-12)19-15(10-11)13-6-2-4-8-18-13/h7-37H,1-6H3;15-25H,1-14H3;1-10H. The monoisotopic (exact) mass is 1870 g/mol. The van der Waals surface area contributed by atoms with Gasteiger partial charge in [-0.3, -0.25) is 29.9 Å². The van der Waals surface area contributed by atoms with Gasteiger partial charge in [0.05, 0.1) is 90.7 Å². The van der Waals surface area contributed by atoms with Crippen molar-refractivity contribution in [3.8, 4) is 159 Å². The summed E-state index contributed by atoms with van der Waals surface area (Å²) in [6.07, 6.45) is 10.7. The van der Waals surface area contributed by atoms with Gasteiger partial charge in [-0.05, 0) is 260 Å². The first kappa shape index (κ1) is 94.9. The van der Waals surface area contributed by atoms with E-state index in [1.165, 1.54) is 22.3 Å². The molecular formula is C115H112B2BrN15O4. The molecular weight excluding hydrogens is 1760 g/mol. The summed E-state index contributed by atoms with van der Waals surface area (Å²) in [5, 5.41) is 0. The number of hydrogen-bond donors (Lipinski definition) is 0. The average molecular weight is 1870 g/mol. The Bertz CT molecular complexity index is 6620. The zero-order chi connectivity index (χ0) is 96.6. The minimum atomic E-state index is -0.600. The highest BCUT2D eigenvalue weighted by Gasteiger charge is 2.54. The van der Waals surface area contributed by atoms with Crippen molar-refractivity contribution in [3.05, 3.63) is 343 Å². The van der Waals surface area contributed by atoms with Crippen molar-refractivity contribution < 1.29 is 18.6 Å². The highest BCUT2D eigenvalue weighted by atomic mass is 79.9. The van der Waals surface area contributed by atoms with Crippen LogP contribution >= 0.6 is 15.9 Å². The lowest BCUT2D eigenvalue weighted by atomic mass is 9.71. The number of rotatable bonds is 16.